The van der Waals surface area contributed by atoms with Gasteiger partial charge in [-0.3, -0.25) is 4.79 Å². The second kappa shape index (κ2) is 8.33. The third-order valence-electron chi connectivity index (χ3n) is 5.93. The molecule has 0 radical (unpaired) electrons. The number of phenolic OH excluding ortho intramolecular Hbond substituents is 1. The Hall–Kier alpha value is -2.37. The van der Waals surface area contributed by atoms with Gasteiger partial charge < -0.3 is 19.6 Å². The van der Waals surface area contributed by atoms with Crippen LogP contribution < -0.4 is 0 Å². The summed E-state index contributed by atoms with van der Waals surface area (Å²) in [6.07, 6.45) is 2.40. The molecule has 0 unspecified atom stereocenters. The van der Waals surface area contributed by atoms with E-state index in [1.807, 2.05) is 23.1 Å². The van der Waals surface area contributed by atoms with Gasteiger partial charge in [0.15, 0.2) is 0 Å². The van der Waals surface area contributed by atoms with Crippen molar-refractivity contribution in [2.75, 3.05) is 32.8 Å². The normalized spacial score (nSPS) is 23.1. The van der Waals surface area contributed by atoms with E-state index in [2.05, 4.69) is 17.0 Å². The van der Waals surface area contributed by atoms with E-state index in [4.69, 9.17) is 4.74 Å². The van der Waals surface area contributed by atoms with Crippen LogP contribution in [0.5, 0.6) is 5.75 Å². The molecule has 2 aromatic rings. The molecule has 5 nitrogen and oxygen atoms in total. The molecular formula is C23H28N2O3. The molecule has 2 aliphatic rings. The zero-order chi connectivity index (χ0) is 19.5. The topological polar surface area (TPSA) is 53.0 Å². The molecule has 4 rings (SSSR count). The van der Waals surface area contributed by atoms with Crippen LogP contribution in [0, 0.1) is 6.92 Å². The third-order valence-corrected chi connectivity index (χ3v) is 5.93. The fraction of sp³-hybridized carbons (Fsp3) is 0.435. The van der Waals surface area contributed by atoms with E-state index < -0.39 is 0 Å². The summed E-state index contributed by atoms with van der Waals surface area (Å²) in [5, 5.41) is 10.1. The number of aromatic hydroxyl groups is 1. The Balaban J connectivity index is 1.67. The average molecular weight is 380 g/mol. The first-order chi connectivity index (χ1) is 13.6. The van der Waals surface area contributed by atoms with Gasteiger partial charge in [0.05, 0.1) is 18.8 Å². The Bertz CT molecular complexity index is 818. The number of amides is 1. The molecule has 148 valence electrons. The lowest BCUT2D eigenvalue weighted by atomic mass is 9.95. The first-order valence-corrected chi connectivity index (χ1v) is 10.1. The number of hydrogen-bond acceptors (Lipinski definition) is 4. The maximum absolute atomic E-state index is 13.5. The highest BCUT2D eigenvalue weighted by Crippen LogP contribution is 2.33. The summed E-state index contributed by atoms with van der Waals surface area (Å²) in [6.45, 7) is 5.90. The lowest BCUT2D eigenvalue weighted by Crippen LogP contribution is -2.51. The summed E-state index contributed by atoms with van der Waals surface area (Å²) in [6, 6.07) is 15.2. The summed E-state index contributed by atoms with van der Waals surface area (Å²) in [4.78, 5) is 17.9. The first-order valence-electron chi connectivity index (χ1n) is 10.1. The zero-order valence-corrected chi connectivity index (χ0v) is 16.4. The molecular weight excluding hydrogens is 352 g/mol. The number of rotatable bonds is 4. The van der Waals surface area contributed by atoms with Crippen molar-refractivity contribution >= 4 is 5.91 Å². The molecule has 0 bridgehead atoms. The third kappa shape index (κ3) is 3.77. The van der Waals surface area contributed by atoms with Crippen molar-refractivity contribution in [3.8, 4) is 5.75 Å². The quantitative estimate of drug-likeness (QED) is 0.884. The van der Waals surface area contributed by atoms with Crippen LogP contribution in [0.2, 0.25) is 0 Å². The molecule has 2 saturated heterocycles. The second-order valence-electron chi connectivity index (χ2n) is 7.72. The van der Waals surface area contributed by atoms with Crippen molar-refractivity contribution in [1.29, 1.82) is 0 Å². The van der Waals surface area contributed by atoms with Gasteiger partial charge in [-0.2, -0.15) is 0 Å². The maximum atomic E-state index is 13.5. The van der Waals surface area contributed by atoms with Gasteiger partial charge in [0.25, 0.3) is 5.91 Å². The summed E-state index contributed by atoms with van der Waals surface area (Å²) >= 11 is 0. The number of phenols is 1. The summed E-state index contributed by atoms with van der Waals surface area (Å²) < 4.78 is 6.19. The van der Waals surface area contributed by atoms with E-state index in [0.29, 0.717) is 24.3 Å². The van der Waals surface area contributed by atoms with Crippen LogP contribution in [-0.4, -0.2) is 59.7 Å². The predicted octanol–water partition coefficient (Wildman–Crippen LogP) is 3.38. The van der Waals surface area contributed by atoms with Gasteiger partial charge in [0.1, 0.15) is 5.75 Å². The molecule has 2 aromatic carbocycles. The lowest BCUT2D eigenvalue weighted by Gasteiger charge is -2.43. The molecule has 0 saturated carbocycles. The summed E-state index contributed by atoms with van der Waals surface area (Å²) in [7, 11) is 0. The first kappa shape index (κ1) is 19.0. The molecule has 0 aromatic heterocycles. The Morgan fingerprint density at radius 3 is 2.57 bits per heavy atom. The smallest absolute Gasteiger partial charge is 0.254 e. The van der Waals surface area contributed by atoms with E-state index in [-0.39, 0.29) is 23.8 Å². The van der Waals surface area contributed by atoms with E-state index >= 15 is 0 Å². The van der Waals surface area contributed by atoms with Crippen molar-refractivity contribution in [3.63, 3.8) is 0 Å². The van der Waals surface area contributed by atoms with Crippen molar-refractivity contribution in [2.45, 2.75) is 31.9 Å². The number of nitrogens with zero attached hydrogens (tertiary/aromatic N) is 2. The summed E-state index contributed by atoms with van der Waals surface area (Å²) in [5.41, 5.74) is 2.28. The van der Waals surface area contributed by atoms with Crippen molar-refractivity contribution in [2.24, 2.45) is 0 Å². The minimum atomic E-state index is -0.134. The van der Waals surface area contributed by atoms with Gasteiger partial charge in [-0.05, 0) is 50.6 Å². The second-order valence-corrected chi connectivity index (χ2v) is 7.72. The molecule has 5 heteroatoms. The molecule has 2 atom stereocenters. The van der Waals surface area contributed by atoms with E-state index in [0.717, 1.165) is 25.2 Å². The van der Waals surface area contributed by atoms with E-state index in [9.17, 15) is 9.90 Å². The monoisotopic (exact) mass is 380 g/mol. The lowest BCUT2D eigenvalue weighted by molar-refractivity contribution is -0.0707. The Kier molecular flexibility index (Phi) is 5.64. The minimum Gasteiger partial charge on any atom is -0.508 e. The van der Waals surface area contributed by atoms with Crippen molar-refractivity contribution < 1.29 is 14.6 Å². The highest BCUT2D eigenvalue weighted by atomic mass is 16.5. The van der Waals surface area contributed by atoms with Gasteiger partial charge in [-0.25, -0.2) is 0 Å². The number of likely N-dealkylation sites (tertiary alicyclic amines) is 1. The largest absolute Gasteiger partial charge is 0.508 e. The van der Waals surface area contributed by atoms with Crippen molar-refractivity contribution in [3.05, 3.63) is 65.2 Å². The van der Waals surface area contributed by atoms with E-state index in [1.165, 1.54) is 12.8 Å². The number of ether oxygens (including phenoxy) is 1. The fourth-order valence-corrected chi connectivity index (χ4v) is 4.39. The molecule has 0 aliphatic carbocycles. The zero-order valence-electron chi connectivity index (χ0n) is 16.4. The van der Waals surface area contributed by atoms with E-state index in [1.54, 1.807) is 25.1 Å². The maximum Gasteiger partial charge on any atom is 0.254 e. The molecule has 1 N–H and O–H groups in total. The van der Waals surface area contributed by atoms with Crippen LogP contribution in [0.3, 0.4) is 0 Å². The van der Waals surface area contributed by atoms with Crippen LogP contribution in [0.25, 0.3) is 0 Å². The minimum absolute atomic E-state index is 0.0445. The molecule has 28 heavy (non-hydrogen) atoms. The fourth-order valence-electron chi connectivity index (χ4n) is 4.39. The van der Waals surface area contributed by atoms with Crippen molar-refractivity contribution in [1.82, 2.24) is 9.80 Å². The molecule has 2 fully saturated rings. The van der Waals surface area contributed by atoms with Crippen LogP contribution in [-0.2, 0) is 4.74 Å². The van der Waals surface area contributed by atoms with Gasteiger partial charge in [-0.15, -0.1) is 0 Å². The molecule has 2 heterocycles. The predicted molar refractivity (Wildman–Crippen MR) is 108 cm³/mol. The highest BCUT2D eigenvalue weighted by molar-refractivity contribution is 5.96. The molecule has 2 aliphatic heterocycles. The van der Waals surface area contributed by atoms with Gasteiger partial charge in [0, 0.05) is 24.2 Å². The van der Waals surface area contributed by atoms with Crippen LogP contribution in [0.1, 0.15) is 40.4 Å². The Morgan fingerprint density at radius 1 is 1.07 bits per heavy atom. The number of carbonyl (C=O) groups excluding carboxylic acids is 1. The Morgan fingerprint density at radius 2 is 1.82 bits per heavy atom. The van der Waals surface area contributed by atoms with Gasteiger partial charge >= 0.3 is 0 Å². The highest BCUT2D eigenvalue weighted by Gasteiger charge is 2.38. The molecule has 0 spiro atoms. The SMILES string of the molecule is Cc1c(O)cccc1C(=O)N1CCO[C@@H](CN2CCCC2)[C@@H]1c1ccccc1. The standard InChI is InChI=1S/C23H28N2O3/c1-17-19(10-7-11-20(17)26)23(27)25-14-15-28-21(16-24-12-5-6-13-24)22(25)18-8-3-2-4-9-18/h2-4,7-11,21-22,26H,5-6,12-16H2,1H3/t21-,22-/m0/s1. The number of carbonyl (C=O) groups is 1. The van der Waals surface area contributed by atoms with Crippen LogP contribution in [0.4, 0.5) is 0 Å². The van der Waals surface area contributed by atoms with Crippen LogP contribution in [0.15, 0.2) is 48.5 Å². The number of hydrogen-bond donors (Lipinski definition) is 1. The molecule has 1 amide bonds. The number of morpholine rings is 1. The van der Waals surface area contributed by atoms with Gasteiger partial charge in [0.2, 0.25) is 0 Å². The number of benzene rings is 2. The van der Waals surface area contributed by atoms with Gasteiger partial charge in [-0.1, -0.05) is 36.4 Å². The summed E-state index contributed by atoms with van der Waals surface area (Å²) in [5.74, 6) is 0.112. The average Bonchev–Trinajstić information content (AvgIpc) is 3.23. The van der Waals surface area contributed by atoms with Crippen LogP contribution >= 0.6 is 0 Å². The Labute approximate surface area is 166 Å².